The van der Waals surface area contributed by atoms with Crippen LogP contribution in [-0.2, 0) is 9.59 Å². The molecule has 6 nitrogen and oxygen atoms in total. The molecule has 0 aliphatic carbocycles. The number of carbonyl (C=O) groups is 2. The summed E-state index contributed by atoms with van der Waals surface area (Å²) in [5.41, 5.74) is 3.29. The highest BCUT2D eigenvalue weighted by atomic mass is 16.2. The van der Waals surface area contributed by atoms with Crippen molar-refractivity contribution in [2.45, 2.75) is 37.8 Å². The predicted octanol–water partition coefficient (Wildman–Crippen LogP) is 2.47. The van der Waals surface area contributed by atoms with Crippen molar-refractivity contribution >= 4 is 23.2 Å². The molecule has 0 spiro atoms. The fraction of sp³-hybridized carbons (Fsp3) is 0.333. The molecule has 2 saturated heterocycles. The summed E-state index contributed by atoms with van der Waals surface area (Å²) in [4.78, 5) is 24.3. The van der Waals surface area contributed by atoms with E-state index in [0.717, 1.165) is 61.3 Å². The molecule has 4 N–H and O–H groups in total. The number of rotatable bonds is 4. The normalized spacial score (nSPS) is 20.3. The maximum Gasteiger partial charge on any atom is 0.241 e. The monoisotopic (exact) mass is 402 g/mol. The summed E-state index contributed by atoms with van der Waals surface area (Å²) < 4.78 is 0. The van der Waals surface area contributed by atoms with E-state index >= 15 is 0 Å². The van der Waals surface area contributed by atoms with Crippen LogP contribution in [0.1, 0.15) is 36.8 Å². The van der Waals surface area contributed by atoms with E-state index in [0.29, 0.717) is 0 Å². The topological polar surface area (TPSA) is 82.3 Å². The highest BCUT2D eigenvalue weighted by Crippen LogP contribution is 2.14. The van der Waals surface area contributed by atoms with Gasteiger partial charge >= 0.3 is 0 Å². The number of amides is 2. The minimum atomic E-state index is -0.0911. The largest absolute Gasteiger partial charge is 0.325 e. The smallest absolute Gasteiger partial charge is 0.241 e. The minimum Gasteiger partial charge on any atom is -0.325 e. The molecule has 2 atom stereocenters. The number of hydrogen-bond donors (Lipinski definition) is 4. The van der Waals surface area contributed by atoms with Crippen LogP contribution in [0, 0.1) is 11.8 Å². The Labute approximate surface area is 176 Å². The van der Waals surface area contributed by atoms with Gasteiger partial charge in [0.1, 0.15) is 0 Å². The van der Waals surface area contributed by atoms with E-state index in [4.69, 9.17) is 0 Å². The van der Waals surface area contributed by atoms with Gasteiger partial charge in [0.2, 0.25) is 11.8 Å². The molecule has 0 saturated carbocycles. The van der Waals surface area contributed by atoms with Crippen LogP contribution in [0.15, 0.2) is 48.5 Å². The summed E-state index contributed by atoms with van der Waals surface area (Å²) in [6, 6.07) is 14.9. The molecule has 2 heterocycles. The van der Waals surface area contributed by atoms with Gasteiger partial charge in [-0.15, -0.1) is 0 Å². The lowest BCUT2D eigenvalue weighted by molar-refractivity contribution is -0.118. The lowest BCUT2D eigenvalue weighted by atomic mass is 10.1. The SMILES string of the molecule is O=C(Nc1ccc(C#Cc2ccc(NC(=O)[C@@H]3CCCN3)cc2)cc1)[C@@H]1CCCN1. The van der Waals surface area contributed by atoms with Gasteiger partial charge in [-0.3, -0.25) is 9.59 Å². The van der Waals surface area contributed by atoms with Gasteiger partial charge in [-0.1, -0.05) is 11.8 Å². The van der Waals surface area contributed by atoms with Gasteiger partial charge in [0.15, 0.2) is 0 Å². The molecule has 30 heavy (non-hydrogen) atoms. The molecule has 2 fully saturated rings. The van der Waals surface area contributed by atoms with Crippen molar-refractivity contribution in [3.63, 3.8) is 0 Å². The van der Waals surface area contributed by atoms with E-state index in [9.17, 15) is 9.59 Å². The molecule has 0 bridgehead atoms. The quantitative estimate of drug-likeness (QED) is 0.592. The van der Waals surface area contributed by atoms with Gasteiger partial charge in [0, 0.05) is 22.5 Å². The van der Waals surface area contributed by atoms with Crippen LogP contribution in [0.3, 0.4) is 0 Å². The summed E-state index contributed by atoms with van der Waals surface area (Å²) in [6.07, 6.45) is 3.85. The first kappa shape index (κ1) is 20.1. The first-order valence-corrected chi connectivity index (χ1v) is 10.5. The summed E-state index contributed by atoms with van der Waals surface area (Å²) in [5.74, 6) is 6.29. The second-order valence-corrected chi connectivity index (χ2v) is 7.68. The first-order valence-electron chi connectivity index (χ1n) is 10.5. The van der Waals surface area contributed by atoms with Crippen molar-refractivity contribution in [1.82, 2.24) is 10.6 Å². The van der Waals surface area contributed by atoms with E-state index in [-0.39, 0.29) is 23.9 Å². The molecule has 4 rings (SSSR count). The zero-order valence-electron chi connectivity index (χ0n) is 16.8. The molecule has 2 amide bonds. The van der Waals surface area contributed by atoms with Crippen LogP contribution in [-0.4, -0.2) is 37.0 Å². The standard InChI is InChI=1S/C24H26N4O2/c29-23(21-3-1-15-25-21)27-19-11-7-17(8-12-19)5-6-18-9-13-20(14-10-18)28-24(30)22-4-2-16-26-22/h7-14,21-22,25-26H,1-4,15-16H2,(H,27,29)(H,28,30)/t21-,22-/m0/s1. The first-order chi connectivity index (χ1) is 14.7. The fourth-order valence-electron chi connectivity index (χ4n) is 3.69. The third kappa shape index (κ3) is 5.26. The molecule has 2 aliphatic heterocycles. The Bertz CT molecular complexity index is 868. The highest BCUT2D eigenvalue weighted by Gasteiger charge is 2.22. The maximum absolute atomic E-state index is 12.1. The Morgan fingerprint density at radius 3 is 1.43 bits per heavy atom. The molecule has 6 heteroatoms. The lowest BCUT2D eigenvalue weighted by Gasteiger charge is -2.11. The molecule has 0 radical (unpaired) electrons. The molecule has 0 unspecified atom stereocenters. The number of carbonyl (C=O) groups excluding carboxylic acids is 2. The van der Waals surface area contributed by atoms with Crippen molar-refractivity contribution in [2.75, 3.05) is 23.7 Å². The molecular weight excluding hydrogens is 376 g/mol. The average molecular weight is 402 g/mol. The summed E-state index contributed by atoms with van der Waals surface area (Å²) in [5, 5.41) is 12.3. The van der Waals surface area contributed by atoms with Gasteiger partial charge in [-0.25, -0.2) is 0 Å². The highest BCUT2D eigenvalue weighted by molar-refractivity contribution is 5.95. The maximum atomic E-state index is 12.1. The fourth-order valence-corrected chi connectivity index (χ4v) is 3.69. The van der Waals surface area contributed by atoms with Crippen molar-refractivity contribution in [3.05, 3.63) is 59.7 Å². The molecule has 2 aromatic rings. The van der Waals surface area contributed by atoms with E-state index < -0.39 is 0 Å². The summed E-state index contributed by atoms with van der Waals surface area (Å²) in [7, 11) is 0. The molecule has 2 aromatic carbocycles. The van der Waals surface area contributed by atoms with Gasteiger partial charge < -0.3 is 21.3 Å². The van der Waals surface area contributed by atoms with Crippen LogP contribution in [0.25, 0.3) is 0 Å². The van der Waals surface area contributed by atoms with Crippen LogP contribution in [0.2, 0.25) is 0 Å². The second-order valence-electron chi connectivity index (χ2n) is 7.68. The lowest BCUT2D eigenvalue weighted by Crippen LogP contribution is -2.35. The number of anilines is 2. The van der Waals surface area contributed by atoms with Crippen molar-refractivity contribution in [2.24, 2.45) is 0 Å². The van der Waals surface area contributed by atoms with Gasteiger partial charge in [0.25, 0.3) is 0 Å². The Kier molecular flexibility index (Phi) is 6.43. The van der Waals surface area contributed by atoms with E-state index in [2.05, 4.69) is 33.1 Å². The zero-order valence-corrected chi connectivity index (χ0v) is 16.8. The van der Waals surface area contributed by atoms with Crippen molar-refractivity contribution in [3.8, 4) is 11.8 Å². The molecule has 2 aliphatic rings. The average Bonchev–Trinajstić information content (AvgIpc) is 3.48. The van der Waals surface area contributed by atoms with Crippen LogP contribution in [0.5, 0.6) is 0 Å². The number of nitrogens with one attached hydrogen (secondary N) is 4. The summed E-state index contributed by atoms with van der Waals surface area (Å²) >= 11 is 0. The Morgan fingerprint density at radius 1 is 0.700 bits per heavy atom. The van der Waals surface area contributed by atoms with E-state index in [1.807, 2.05) is 48.5 Å². The van der Waals surface area contributed by atoms with Crippen LogP contribution in [0.4, 0.5) is 11.4 Å². The predicted molar refractivity (Wildman–Crippen MR) is 118 cm³/mol. The number of hydrogen-bond acceptors (Lipinski definition) is 4. The second kappa shape index (κ2) is 9.57. The van der Waals surface area contributed by atoms with Gasteiger partial charge in [-0.2, -0.15) is 0 Å². The van der Waals surface area contributed by atoms with E-state index in [1.54, 1.807) is 0 Å². The third-order valence-corrected chi connectivity index (χ3v) is 5.41. The Morgan fingerprint density at radius 2 is 1.10 bits per heavy atom. The van der Waals surface area contributed by atoms with Gasteiger partial charge in [-0.05, 0) is 87.3 Å². The number of benzene rings is 2. The van der Waals surface area contributed by atoms with Crippen molar-refractivity contribution in [1.29, 1.82) is 0 Å². The summed E-state index contributed by atoms with van der Waals surface area (Å²) in [6.45, 7) is 1.80. The van der Waals surface area contributed by atoms with Crippen molar-refractivity contribution < 1.29 is 9.59 Å². The molecule has 154 valence electrons. The third-order valence-electron chi connectivity index (χ3n) is 5.41. The zero-order chi connectivity index (χ0) is 20.8. The van der Waals surface area contributed by atoms with Gasteiger partial charge in [0.05, 0.1) is 12.1 Å². The Hall–Kier alpha value is -3.14. The molecule has 0 aromatic heterocycles. The Balaban J connectivity index is 1.31. The van der Waals surface area contributed by atoms with Crippen LogP contribution >= 0.6 is 0 Å². The van der Waals surface area contributed by atoms with E-state index in [1.165, 1.54) is 0 Å². The van der Waals surface area contributed by atoms with Crippen LogP contribution < -0.4 is 21.3 Å². The molecular formula is C24H26N4O2. The minimum absolute atomic E-state index is 0.0160.